The Bertz CT molecular complexity index is 1070. The smallest absolute Gasteiger partial charge is 0.262 e. The molecule has 0 aliphatic rings. The lowest BCUT2D eigenvalue weighted by atomic mass is 10.3. The Balaban J connectivity index is 1.73. The van der Waals surface area contributed by atoms with Gasteiger partial charge in [-0.15, -0.1) is 0 Å². The number of aromatic nitrogens is 6. The Kier molecular flexibility index (Phi) is 3.53. The summed E-state index contributed by atoms with van der Waals surface area (Å²) in [6, 6.07) is 1.76. The van der Waals surface area contributed by atoms with Gasteiger partial charge in [0.05, 0.1) is 12.3 Å². The van der Waals surface area contributed by atoms with Crippen LogP contribution >= 0.6 is 0 Å². The molecule has 126 valence electrons. The number of fused-ring (bicyclic) bond motifs is 2. The first-order valence-corrected chi connectivity index (χ1v) is 7.72. The molecule has 4 aromatic rings. The van der Waals surface area contributed by atoms with E-state index in [9.17, 15) is 4.79 Å². The van der Waals surface area contributed by atoms with Gasteiger partial charge in [-0.25, -0.2) is 14.5 Å². The molecule has 0 spiro atoms. The maximum absolute atomic E-state index is 12.8. The van der Waals surface area contributed by atoms with Gasteiger partial charge >= 0.3 is 0 Å². The Morgan fingerprint density at radius 2 is 2.12 bits per heavy atom. The van der Waals surface area contributed by atoms with Crippen LogP contribution in [-0.2, 0) is 0 Å². The number of ether oxygens (including phenoxy) is 1. The molecule has 9 nitrogen and oxygen atoms in total. The third-order valence-corrected chi connectivity index (χ3v) is 3.47. The van der Waals surface area contributed by atoms with E-state index in [0.717, 1.165) is 0 Å². The molecule has 9 heteroatoms. The molecular formula is C16H15N7O2. The Hall–Kier alpha value is -3.49. The number of imidazole rings is 1. The number of nitrogens with one attached hydrogen (secondary N) is 1. The van der Waals surface area contributed by atoms with Crippen molar-refractivity contribution >= 4 is 23.0 Å². The summed E-state index contributed by atoms with van der Waals surface area (Å²) in [6.07, 6.45) is 9.78. The zero-order valence-electron chi connectivity index (χ0n) is 13.6. The molecule has 0 bridgehead atoms. The summed E-state index contributed by atoms with van der Waals surface area (Å²) in [7, 11) is 0. The number of carbonyl (C=O) groups excluding carboxylic acids is 1. The van der Waals surface area contributed by atoms with E-state index < -0.39 is 0 Å². The van der Waals surface area contributed by atoms with Gasteiger partial charge in [0.1, 0.15) is 11.3 Å². The molecule has 25 heavy (non-hydrogen) atoms. The summed E-state index contributed by atoms with van der Waals surface area (Å²) in [6.45, 7) is 3.74. The van der Waals surface area contributed by atoms with Crippen LogP contribution in [0.1, 0.15) is 24.2 Å². The van der Waals surface area contributed by atoms with E-state index in [1.807, 2.05) is 13.8 Å². The zero-order chi connectivity index (χ0) is 17.4. The predicted molar refractivity (Wildman–Crippen MR) is 89.7 cm³/mol. The van der Waals surface area contributed by atoms with Crippen LogP contribution in [0.15, 0.2) is 43.2 Å². The van der Waals surface area contributed by atoms with Crippen molar-refractivity contribution in [1.29, 1.82) is 0 Å². The zero-order valence-corrected chi connectivity index (χ0v) is 13.6. The molecule has 4 aromatic heterocycles. The first-order valence-electron chi connectivity index (χ1n) is 7.72. The van der Waals surface area contributed by atoms with Gasteiger partial charge in [0.25, 0.3) is 5.91 Å². The highest BCUT2D eigenvalue weighted by Crippen LogP contribution is 2.21. The van der Waals surface area contributed by atoms with Crippen molar-refractivity contribution in [2.24, 2.45) is 0 Å². The van der Waals surface area contributed by atoms with Gasteiger partial charge in [-0.1, -0.05) is 0 Å². The minimum absolute atomic E-state index is 0.130. The first-order chi connectivity index (χ1) is 12.1. The van der Waals surface area contributed by atoms with Crippen LogP contribution in [0.5, 0.6) is 5.88 Å². The summed E-state index contributed by atoms with van der Waals surface area (Å²) < 4.78 is 8.93. The second kappa shape index (κ2) is 5.86. The minimum Gasteiger partial charge on any atom is -0.474 e. The van der Waals surface area contributed by atoms with E-state index >= 15 is 0 Å². The van der Waals surface area contributed by atoms with Gasteiger partial charge in [-0.3, -0.25) is 9.20 Å². The van der Waals surface area contributed by atoms with E-state index in [2.05, 4.69) is 25.4 Å². The van der Waals surface area contributed by atoms with Crippen LogP contribution in [-0.4, -0.2) is 41.0 Å². The van der Waals surface area contributed by atoms with E-state index in [4.69, 9.17) is 4.74 Å². The summed E-state index contributed by atoms with van der Waals surface area (Å²) in [5.41, 5.74) is 1.36. The Morgan fingerprint density at radius 1 is 1.24 bits per heavy atom. The second-order valence-electron chi connectivity index (χ2n) is 5.66. The molecule has 0 aromatic carbocycles. The van der Waals surface area contributed by atoms with Gasteiger partial charge in [0.15, 0.2) is 5.65 Å². The average Bonchev–Trinajstić information content (AvgIpc) is 3.20. The van der Waals surface area contributed by atoms with Crippen LogP contribution in [0.3, 0.4) is 0 Å². The number of nitrogens with zero attached hydrogens (tertiary/aromatic N) is 6. The normalized spacial score (nSPS) is 11.3. The average molecular weight is 337 g/mol. The molecule has 1 amide bonds. The molecule has 0 radical (unpaired) electrons. The van der Waals surface area contributed by atoms with Crippen molar-refractivity contribution in [3.63, 3.8) is 0 Å². The van der Waals surface area contributed by atoms with Gasteiger partial charge < -0.3 is 10.1 Å². The van der Waals surface area contributed by atoms with Crippen LogP contribution in [0.2, 0.25) is 0 Å². The van der Waals surface area contributed by atoms with Crippen LogP contribution in [0.25, 0.3) is 11.4 Å². The quantitative estimate of drug-likeness (QED) is 0.610. The lowest BCUT2D eigenvalue weighted by Gasteiger charge is -2.13. The van der Waals surface area contributed by atoms with Crippen molar-refractivity contribution in [2.45, 2.75) is 20.0 Å². The molecule has 0 atom stereocenters. The first kappa shape index (κ1) is 15.1. The number of carbonyl (C=O) groups is 1. The van der Waals surface area contributed by atoms with E-state index in [-0.39, 0.29) is 17.9 Å². The predicted octanol–water partition coefficient (Wildman–Crippen LogP) is 1.81. The highest BCUT2D eigenvalue weighted by molar-refractivity contribution is 6.07. The fourth-order valence-corrected chi connectivity index (χ4v) is 2.41. The fourth-order valence-electron chi connectivity index (χ4n) is 2.41. The molecular weight excluding hydrogens is 322 g/mol. The standard InChI is InChI=1S/C16H15N7O2/c1-10(2)25-15-11(9-22-7-5-18-16(22)21-15)14(24)20-12-8-19-23-6-3-4-17-13(12)23/h3-10H,1-2H3,(H,20,24). The number of hydrogen-bond acceptors (Lipinski definition) is 6. The SMILES string of the molecule is CC(C)Oc1nc2nccn2cc1C(=O)Nc1cnn2cccnc12. The Morgan fingerprint density at radius 3 is 2.96 bits per heavy atom. The molecule has 0 saturated carbocycles. The number of rotatable bonds is 4. The third-order valence-electron chi connectivity index (χ3n) is 3.47. The molecule has 4 rings (SSSR count). The van der Waals surface area contributed by atoms with Gasteiger partial charge in [-0.2, -0.15) is 10.1 Å². The summed E-state index contributed by atoms with van der Waals surface area (Å²) >= 11 is 0. The highest BCUT2D eigenvalue weighted by atomic mass is 16.5. The topological polar surface area (TPSA) is 98.7 Å². The largest absolute Gasteiger partial charge is 0.474 e. The molecule has 0 aliphatic carbocycles. The maximum Gasteiger partial charge on any atom is 0.262 e. The maximum atomic E-state index is 12.8. The van der Waals surface area contributed by atoms with Crippen molar-refractivity contribution in [3.05, 3.63) is 48.8 Å². The molecule has 1 N–H and O–H groups in total. The van der Waals surface area contributed by atoms with Crippen molar-refractivity contribution < 1.29 is 9.53 Å². The fraction of sp³-hybridized carbons (Fsp3) is 0.188. The number of anilines is 1. The summed E-state index contributed by atoms with van der Waals surface area (Å²) in [5, 5.41) is 6.97. The van der Waals surface area contributed by atoms with Crippen LogP contribution < -0.4 is 10.1 Å². The number of hydrogen-bond donors (Lipinski definition) is 1. The van der Waals surface area contributed by atoms with Crippen molar-refractivity contribution in [2.75, 3.05) is 5.32 Å². The molecule has 0 fully saturated rings. The van der Waals surface area contributed by atoms with Crippen molar-refractivity contribution in [1.82, 2.24) is 29.0 Å². The van der Waals surface area contributed by atoms with E-state index in [0.29, 0.717) is 22.7 Å². The monoisotopic (exact) mass is 337 g/mol. The van der Waals surface area contributed by atoms with Gasteiger partial charge in [0, 0.05) is 31.0 Å². The molecule has 0 saturated heterocycles. The second-order valence-corrected chi connectivity index (χ2v) is 5.66. The van der Waals surface area contributed by atoms with Crippen LogP contribution in [0, 0.1) is 0 Å². The lowest BCUT2D eigenvalue weighted by Crippen LogP contribution is -2.18. The summed E-state index contributed by atoms with van der Waals surface area (Å²) in [4.78, 5) is 25.5. The van der Waals surface area contributed by atoms with Crippen molar-refractivity contribution in [3.8, 4) is 5.88 Å². The Labute approximate surface area is 142 Å². The lowest BCUT2D eigenvalue weighted by molar-refractivity contribution is 0.101. The van der Waals surface area contributed by atoms with Gasteiger partial charge in [0.2, 0.25) is 11.7 Å². The highest BCUT2D eigenvalue weighted by Gasteiger charge is 2.19. The molecule has 4 heterocycles. The van der Waals surface area contributed by atoms with E-state index in [1.165, 1.54) is 0 Å². The molecule has 0 aliphatic heterocycles. The number of amides is 1. The molecule has 0 unspecified atom stereocenters. The van der Waals surface area contributed by atoms with Gasteiger partial charge in [-0.05, 0) is 19.9 Å². The third kappa shape index (κ3) is 2.75. The minimum atomic E-state index is -0.362. The van der Waals surface area contributed by atoms with Crippen LogP contribution in [0.4, 0.5) is 5.69 Å². The van der Waals surface area contributed by atoms with E-state index in [1.54, 1.807) is 52.2 Å². The summed E-state index contributed by atoms with van der Waals surface area (Å²) in [5.74, 6) is 0.333.